The average molecular weight is 334 g/mol. The molecular formula is C21H22N2O2. The fourth-order valence-corrected chi connectivity index (χ4v) is 2.99. The predicted octanol–water partition coefficient (Wildman–Crippen LogP) is 3.81. The maximum Gasteiger partial charge on any atom is 0.254 e. The summed E-state index contributed by atoms with van der Waals surface area (Å²) in [5.41, 5.74) is 3.99. The molecule has 0 radical (unpaired) electrons. The van der Waals surface area contributed by atoms with Crippen molar-refractivity contribution in [2.24, 2.45) is 0 Å². The molecule has 0 unspecified atom stereocenters. The van der Waals surface area contributed by atoms with Crippen LogP contribution in [0.15, 0.2) is 53.3 Å². The maximum absolute atomic E-state index is 12.8. The Kier molecular flexibility index (Phi) is 4.70. The highest BCUT2D eigenvalue weighted by molar-refractivity contribution is 5.95. The van der Waals surface area contributed by atoms with Gasteiger partial charge in [-0.25, -0.2) is 0 Å². The predicted molar refractivity (Wildman–Crippen MR) is 101 cm³/mol. The Morgan fingerprint density at radius 2 is 1.84 bits per heavy atom. The fraction of sp³-hybridized carbons (Fsp3) is 0.238. The van der Waals surface area contributed by atoms with Crippen LogP contribution in [0.2, 0.25) is 0 Å². The monoisotopic (exact) mass is 334 g/mol. The summed E-state index contributed by atoms with van der Waals surface area (Å²) in [4.78, 5) is 29.9. The van der Waals surface area contributed by atoms with Crippen molar-refractivity contribution in [2.75, 3.05) is 6.54 Å². The zero-order chi connectivity index (χ0) is 18.0. The molecule has 0 aliphatic carbocycles. The molecule has 0 aliphatic rings. The second-order valence-corrected chi connectivity index (χ2v) is 6.35. The summed E-state index contributed by atoms with van der Waals surface area (Å²) in [6.07, 6.45) is 0. The van der Waals surface area contributed by atoms with Gasteiger partial charge >= 0.3 is 0 Å². The summed E-state index contributed by atoms with van der Waals surface area (Å²) in [5.74, 6) is -0.0518. The molecule has 4 heteroatoms. The van der Waals surface area contributed by atoms with Gasteiger partial charge in [-0.1, -0.05) is 30.3 Å². The molecule has 1 N–H and O–H groups in total. The molecule has 0 atom stereocenters. The molecule has 3 aromatic rings. The van der Waals surface area contributed by atoms with Crippen molar-refractivity contribution in [3.8, 4) is 0 Å². The van der Waals surface area contributed by atoms with Crippen molar-refractivity contribution in [2.45, 2.75) is 27.3 Å². The lowest BCUT2D eigenvalue weighted by molar-refractivity contribution is 0.0751. The van der Waals surface area contributed by atoms with E-state index in [1.165, 1.54) is 0 Å². The van der Waals surface area contributed by atoms with E-state index in [0.717, 1.165) is 22.0 Å². The molecule has 2 aromatic carbocycles. The molecule has 0 bridgehead atoms. The van der Waals surface area contributed by atoms with E-state index in [1.807, 2.05) is 69.3 Å². The van der Waals surface area contributed by atoms with Crippen LogP contribution in [0.1, 0.15) is 34.0 Å². The van der Waals surface area contributed by atoms with Crippen molar-refractivity contribution < 1.29 is 4.79 Å². The summed E-state index contributed by atoms with van der Waals surface area (Å²) < 4.78 is 0. The summed E-state index contributed by atoms with van der Waals surface area (Å²) in [6.45, 7) is 6.67. The van der Waals surface area contributed by atoms with Gasteiger partial charge in [-0.05, 0) is 55.5 Å². The third-order valence-electron chi connectivity index (χ3n) is 4.48. The van der Waals surface area contributed by atoms with Gasteiger partial charge in [0.1, 0.15) is 0 Å². The van der Waals surface area contributed by atoms with Gasteiger partial charge in [0.25, 0.3) is 11.5 Å². The van der Waals surface area contributed by atoms with Crippen LogP contribution in [0.25, 0.3) is 10.9 Å². The second-order valence-electron chi connectivity index (χ2n) is 6.35. The minimum absolute atomic E-state index is 0.0518. The van der Waals surface area contributed by atoms with E-state index >= 15 is 0 Å². The Bertz CT molecular complexity index is 989. The molecule has 4 nitrogen and oxygen atoms in total. The smallest absolute Gasteiger partial charge is 0.254 e. The first-order valence-corrected chi connectivity index (χ1v) is 8.47. The van der Waals surface area contributed by atoms with Gasteiger partial charge in [0, 0.05) is 23.2 Å². The van der Waals surface area contributed by atoms with Gasteiger partial charge in [0.15, 0.2) is 0 Å². The zero-order valence-electron chi connectivity index (χ0n) is 14.8. The number of carbonyl (C=O) groups is 1. The van der Waals surface area contributed by atoms with Crippen LogP contribution in [-0.4, -0.2) is 22.3 Å². The van der Waals surface area contributed by atoms with E-state index in [1.54, 1.807) is 4.90 Å². The van der Waals surface area contributed by atoms with E-state index in [4.69, 9.17) is 0 Å². The van der Waals surface area contributed by atoms with Gasteiger partial charge in [0.05, 0.1) is 6.54 Å². The number of rotatable bonds is 4. The Hall–Kier alpha value is -2.88. The molecule has 1 heterocycles. The van der Waals surface area contributed by atoms with Crippen LogP contribution in [0.3, 0.4) is 0 Å². The molecule has 1 amide bonds. The van der Waals surface area contributed by atoms with Crippen molar-refractivity contribution in [1.82, 2.24) is 9.88 Å². The number of nitrogens with one attached hydrogen (secondary N) is 1. The van der Waals surface area contributed by atoms with Crippen molar-refractivity contribution in [3.05, 3.63) is 81.1 Å². The van der Waals surface area contributed by atoms with Crippen LogP contribution >= 0.6 is 0 Å². The number of hydrogen-bond acceptors (Lipinski definition) is 2. The van der Waals surface area contributed by atoms with Crippen LogP contribution in [0, 0.1) is 13.8 Å². The van der Waals surface area contributed by atoms with Crippen molar-refractivity contribution in [1.29, 1.82) is 0 Å². The molecule has 0 saturated carbocycles. The molecule has 128 valence electrons. The number of benzene rings is 2. The summed E-state index contributed by atoms with van der Waals surface area (Å²) in [6, 6.07) is 15.4. The highest BCUT2D eigenvalue weighted by atomic mass is 16.2. The number of aromatic nitrogens is 1. The number of hydrogen-bond donors (Lipinski definition) is 1. The standard InChI is InChI=1S/C21H22N2O2/c1-4-23(21(25)18-8-6-5-7-15(18)3)13-17-12-16-10-9-14(2)11-19(16)22-20(17)24/h5-12H,4,13H2,1-3H3,(H,22,24). The first-order valence-electron chi connectivity index (χ1n) is 8.47. The van der Waals surface area contributed by atoms with Crippen LogP contribution < -0.4 is 5.56 Å². The largest absolute Gasteiger partial charge is 0.334 e. The number of amides is 1. The van der Waals surface area contributed by atoms with Gasteiger partial charge in [0.2, 0.25) is 0 Å². The van der Waals surface area contributed by atoms with E-state index in [-0.39, 0.29) is 11.5 Å². The van der Waals surface area contributed by atoms with Crippen LogP contribution in [-0.2, 0) is 6.54 Å². The highest BCUT2D eigenvalue weighted by Gasteiger charge is 2.17. The molecule has 25 heavy (non-hydrogen) atoms. The first-order chi connectivity index (χ1) is 12.0. The number of fused-ring (bicyclic) bond motifs is 1. The molecule has 3 rings (SSSR count). The first kappa shape index (κ1) is 17.0. The normalized spacial score (nSPS) is 10.8. The van der Waals surface area contributed by atoms with Gasteiger partial charge in [-0.15, -0.1) is 0 Å². The summed E-state index contributed by atoms with van der Waals surface area (Å²) >= 11 is 0. The molecular weight excluding hydrogens is 312 g/mol. The number of H-pyrrole nitrogens is 1. The lowest BCUT2D eigenvalue weighted by Gasteiger charge is -2.21. The Labute approximate surface area is 147 Å². The molecule has 0 saturated heterocycles. The second kappa shape index (κ2) is 6.93. The number of nitrogens with zero attached hydrogens (tertiary/aromatic N) is 1. The molecule has 0 fully saturated rings. The average Bonchev–Trinajstić information content (AvgIpc) is 2.60. The fourth-order valence-electron chi connectivity index (χ4n) is 2.99. The molecule has 0 spiro atoms. The third kappa shape index (κ3) is 3.48. The van der Waals surface area contributed by atoms with E-state index < -0.39 is 0 Å². The lowest BCUT2D eigenvalue weighted by Crippen LogP contribution is -2.33. The topological polar surface area (TPSA) is 53.2 Å². The highest BCUT2D eigenvalue weighted by Crippen LogP contribution is 2.16. The van der Waals surface area contributed by atoms with Gasteiger partial charge in [-0.3, -0.25) is 9.59 Å². The number of carbonyl (C=O) groups excluding carboxylic acids is 1. The van der Waals surface area contributed by atoms with E-state index in [2.05, 4.69) is 4.98 Å². The molecule has 0 aliphatic heterocycles. The Morgan fingerprint density at radius 1 is 1.08 bits per heavy atom. The minimum atomic E-state index is -0.144. The van der Waals surface area contributed by atoms with Crippen LogP contribution in [0.4, 0.5) is 0 Å². The summed E-state index contributed by atoms with van der Waals surface area (Å²) in [5, 5.41) is 0.972. The Balaban J connectivity index is 1.94. The van der Waals surface area contributed by atoms with Gasteiger partial charge in [-0.2, -0.15) is 0 Å². The molecule has 1 aromatic heterocycles. The number of aromatic amines is 1. The quantitative estimate of drug-likeness (QED) is 0.789. The Morgan fingerprint density at radius 3 is 2.56 bits per heavy atom. The minimum Gasteiger partial charge on any atom is -0.334 e. The number of aryl methyl sites for hydroxylation is 2. The van der Waals surface area contributed by atoms with Crippen LogP contribution in [0.5, 0.6) is 0 Å². The summed E-state index contributed by atoms with van der Waals surface area (Å²) in [7, 11) is 0. The van der Waals surface area contributed by atoms with Crippen molar-refractivity contribution >= 4 is 16.8 Å². The van der Waals surface area contributed by atoms with Gasteiger partial charge < -0.3 is 9.88 Å². The van der Waals surface area contributed by atoms with E-state index in [9.17, 15) is 9.59 Å². The zero-order valence-corrected chi connectivity index (χ0v) is 14.8. The number of pyridine rings is 1. The van der Waals surface area contributed by atoms with Crippen molar-refractivity contribution in [3.63, 3.8) is 0 Å². The lowest BCUT2D eigenvalue weighted by atomic mass is 10.1. The maximum atomic E-state index is 12.8. The van der Waals surface area contributed by atoms with E-state index in [0.29, 0.717) is 24.2 Å². The SMILES string of the molecule is CCN(Cc1cc2ccc(C)cc2[nH]c1=O)C(=O)c1ccccc1C. The third-order valence-corrected chi connectivity index (χ3v) is 4.48.